The van der Waals surface area contributed by atoms with E-state index in [1.54, 1.807) is 6.07 Å². The van der Waals surface area contributed by atoms with Crippen molar-refractivity contribution >= 4 is 45.6 Å². The number of hydrogen-bond donors (Lipinski definition) is 6. The lowest BCUT2D eigenvalue weighted by Crippen LogP contribution is -2.47. The molecule has 6 N–H and O–H groups in total. The lowest BCUT2D eigenvalue weighted by Gasteiger charge is -2.21. The first-order chi connectivity index (χ1) is 17.1. The van der Waals surface area contributed by atoms with E-state index in [1.807, 2.05) is 0 Å². The first kappa shape index (κ1) is 24.9. The lowest BCUT2D eigenvalue weighted by atomic mass is 10.1. The summed E-state index contributed by atoms with van der Waals surface area (Å²) in [7, 11) is 0. The first-order valence-corrected chi connectivity index (χ1v) is 11.4. The average Bonchev–Trinajstić information content (AvgIpc) is 3.45. The van der Waals surface area contributed by atoms with Crippen molar-refractivity contribution in [3.63, 3.8) is 0 Å². The van der Waals surface area contributed by atoms with Crippen LogP contribution in [0, 0.1) is 0 Å². The molecule has 1 aromatic carbocycles. The minimum atomic E-state index is -1.56. The van der Waals surface area contributed by atoms with Gasteiger partial charge in [0.1, 0.15) is 17.5 Å². The zero-order valence-electron chi connectivity index (χ0n) is 19.4. The molecule has 0 spiro atoms. The van der Waals surface area contributed by atoms with E-state index in [1.165, 1.54) is 30.0 Å². The monoisotopic (exact) mass is 498 g/mol. The Morgan fingerprint density at radius 1 is 1.19 bits per heavy atom. The molecule has 0 unspecified atom stereocenters. The molecule has 0 radical (unpaired) electrons. The van der Waals surface area contributed by atoms with Crippen LogP contribution in [0.2, 0.25) is 0 Å². The van der Waals surface area contributed by atoms with E-state index in [9.17, 15) is 39.6 Å². The van der Waals surface area contributed by atoms with E-state index in [0.29, 0.717) is 46.9 Å². The number of aryl methyl sites for hydroxylation is 1. The molecule has 1 fully saturated rings. The van der Waals surface area contributed by atoms with E-state index in [2.05, 4.69) is 15.3 Å². The molecule has 3 heterocycles. The van der Waals surface area contributed by atoms with Crippen LogP contribution in [-0.4, -0.2) is 83.8 Å². The zero-order valence-corrected chi connectivity index (χ0v) is 19.4. The number of aromatic hydroxyl groups is 1. The maximum Gasteiger partial charge on any atom is 0.328 e. The van der Waals surface area contributed by atoms with E-state index in [4.69, 9.17) is 0 Å². The number of nitrogens with zero attached hydrogens (tertiary/aromatic N) is 2. The number of aliphatic carboxylic acids is 2. The average molecular weight is 498 g/mol. The number of aromatic amines is 1. The largest absolute Gasteiger partial charge is 0.508 e. The van der Waals surface area contributed by atoms with Crippen molar-refractivity contribution in [2.24, 2.45) is 0 Å². The maximum absolute atomic E-state index is 12.9. The highest BCUT2D eigenvalue weighted by Crippen LogP contribution is 2.31. The van der Waals surface area contributed by atoms with Crippen LogP contribution in [-0.2, 0) is 20.8 Å². The molecule has 1 saturated heterocycles. The Hall–Kier alpha value is -4.19. The number of aliphatic hydroxyl groups excluding tert-OH is 1. The summed E-state index contributed by atoms with van der Waals surface area (Å²) in [6.07, 6.45) is -0.348. The van der Waals surface area contributed by atoms with E-state index in [0.717, 1.165) is 0 Å². The second-order valence-corrected chi connectivity index (χ2v) is 8.85. The maximum atomic E-state index is 12.9. The zero-order chi connectivity index (χ0) is 26.1. The number of aliphatic hydroxyl groups is 1. The molecule has 1 aliphatic heterocycles. The molecule has 12 nitrogen and oxygen atoms in total. The van der Waals surface area contributed by atoms with Gasteiger partial charge >= 0.3 is 11.9 Å². The number of hydrogen-bond acceptors (Lipinski definition) is 7. The van der Waals surface area contributed by atoms with Crippen molar-refractivity contribution in [3.05, 3.63) is 35.7 Å². The summed E-state index contributed by atoms with van der Waals surface area (Å²) in [5.41, 5.74) is 1.39. The normalized spacial score (nSPS) is 17.3. The van der Waals surface area contributed by atoms with Gasteiger partial charge in [-0.25, -0.2) is 14.6 Å². The van der Waals surface area contributed by atoms with Gasteiger partial charge in [0, 0.05) is 35.7 Å². The number of carbonyl (C=O) groups is 4. The number of carboxylic acid groups (broad SMARTS) is 2. The van der Waals surface area contributed by atoms with Gasteiger partial charge in [0.15, 0.2) is 6.04 Å². The highest BCUT2D eigenvalue weighted by atomic mass is 16.4. The molecule has 0 bridgehead atoms. The summed E-state index contributed by atoms with van der Waals surface area (Å²) in [6.45, 7) is 1.58. The third kappa shape index (κ3) is 4.80. The minimum absolute atomic E-state index is 0.00302. The molecular formula is C24H26N4O8. The van der Waals surface area contributed by atoms with Crippen molar-refractivity contribution < 1.29 is 39.6 Å². The summed E-state index contributed by atoms with van der Waals surface area (Å²) < 4.78 is 0. The number of amides is 2. The fourth-order valence-corrected chi connectivity index (χ4v) is 4.54. The predicted molar refractivity (Wildman–Crippen MR) is 127 cm³/mol. The van der Waals surface area contributed by atoms with Crippen molar-refractivity contribution in [3.8, 4) is 5.75 Å². The first-order valence-electron chi connectivity index (χ1n) is 11.4. The van der Waals surface area contributed by atoms with Gasteiger partial charge in [-0.05, 0) is 44.0 Å². The number of likely N-dealkylation sites (tertiary alicyclic amines) is 1. The molecule has 190 valence electrons. The highest BCUT2D eigenvalue weighted by Gasteiger charge is 2.34. The van der Waals surface area contributed by atoms with Crippen molar-refractivity contribution in [1.29, 1.82) is 0 Å². The Morgan fingerprint density at radius 3 is 2.61 bits per heavy atom. The Bertz CT molecular complexity index is 1370. The summed E-state index contributed by atoms with van der Waals surface area (Å²) in [6, 6.07) is 3.65. The van der Waals surface area contributed by atoms with Crippen LogP contribution in [0.3, 0.4) is 0 Å². The van der Waals surface area contributed by atoms with Crippen molar-refractivity contribution in [1.82, 2.24) is 20.2 Å². The van der Waals surface area contributed by atoms with Crippen LogP contribution in [0.4, 0.5) is 0 Å². The molecular weight excluding hydrogens is 472 g/mol. The standard InChI is InChI=1S/C24H26N4O8/c1-11(29)20(24(35)36)27-22(32)17-10-14-13-9-12(30)4-5-15(13)26-21(14)16(25-17)6-7-19(31)28-8-2-3-18(28)23(33)34/h4-5,9-11,18,20,26,29-30H,2-3,6-8H2,1H3,(H,27,32)(H,33,34)(H,35,36)/t11-,18+,20+/m1/s1. The second-order valence-electron chi connectivity index (χ2n) is 8.85. The molecule has 12 heteroatoms. The van der Waals surface area contributed by atoms with Crippen molar-refractivity contribution in [2.45, 2.75) is 50.8 Å². The van der Waals surface area contributed by atoms with Gasteiger partial charge in [-0.1, -0.05) is 0 Å². The number of phenols is 1. The second kappa shape index (κ2) is 9.82. The number of H-pyrrole nitrogens is 1. The molecule has 0 saturated carbocycles. The lowest BCUT2D eigenvalue weighted by molar-refractivity contribution is -0.148. The Morgan fingerprint density at radius 2 is 1.94 bits per heavy atom. The number of phenolic OH excluding ortho intramolecular Hbond substituents is 1. The molecule has 2 amide bonds. The fourth-order valence-electron chi connectivity index (χ4n) is 4.54. The van der Waals surface area contributed by atoms with E-state index >= 15 is 0 Å². The molecule has 3 atom stereocenters. The quantitative estimate of drug-likeness (QED) is 0.263. The molecule has 4 rings (SSSR count). The number of fused-ring (bicyclic) bond motifs is 3. The fraction of sp³-hybridized carbons (Fsp3) is 0.375. The van der Waals surface area contributed by atoms with Crippen LogP contribution in [0.25, 0.3) is 21.8 Å². The van der Waals surface area contributed by atoms with Gasteiger partial charge in [-0.15, -0.1) is 0 Å². The van der Waals surface area contributed by atoms with Gasteiger partial charge in [0.05, 0.1) is 17.3 Å². The molecule has 0 aliphatic carbocycles. The third-order valence-corrected chi connectivity index (χ3v) is 6.35. The molecule has 36 heavy (non-hydrogen) atoms. The van der Waals surface area contributed by atoms with Crippen LogP contribution >= 0.6 is 0 Å². The van der Waals surface area contributed by atoms with Gasteiger partial charge in [0.2, 0.25) is 5.91 Å². The SMILES string of the molecule is C[C@@H](O)[C@H](NC(=O)c1cc2c([nH]c3ccc(O)cc32)c(CCC(=O)N2CCC[C@H]2C(=O)O)n1)C(=O)O. The van der Waals surface area contributed by atoms with Crippen LogP contribution in [0.5, 0.6) is 5.75 Å². The van der Waals surface area contributed by atoms with Gasteiger partial charge in [0.25, 0.3) is 5.91 Å². The number of carboxylic acids is 2. The molecule has 3 aromatic rings. The third-order valence-electron chi connectivity index (χ3n) is 6.35. The molecule has 2 aromatic heterocycles. The number of nitrogens with one attached hydrogen (secondary N) is 2. The van der Waals surface area contributed by atoms with Crippen molar-refractivity contribution in [2.75, 3.05) is 6.54 Å². The summed E-state index contributed by atoms with van der Waals surface area (Å²) in [4.78, 5) is 57.5. The number of benzene rings is 1. The van der Waals surface area contributed by atoms with E-state index < -0.39 is 36.0 Å². The number of carbonyl (C=O) groups excluding carboxylic acids is 2. The Balaban J connectivity index is 1.70. The molecule has 1 aliphatic rings. The van der Waals surface area contributed by atoms with Crippen LogP contribution < -0.4 is 5.32 Å². The van der Waals surface area contributed by atoms with Gasteiger partial charge < -0.3 is 35.6 Å². The van der Waals surface area contributed by atoms with Gasteiger partial charge in [-0.2, -0.15) is 0 Å². The number of aromatic nitrogens is 2. The minimum Gasteiger partial charge on any atom is -0.508 e. The number of rotatable bonds is 8. The van der Waals surface area contributed by atoms with Crippen LogP contribution in [0.15, 0.2) is 24.3 Å². The Kier molecular flexibility index (Phi) is 6.80. The summed E-state index contributed by atoms with van der Waals surface area (Å²) in [5, 5.41) is 41.7. The Labute approximate surface area is 204 Å². The van der Waals surface area contributed by atoms with E-state index in [-0.39, 0.29) is 30.2 Å². The summed E-state index contributed by atoms with van der Waals surface area (Å²) >= 11 is 0. The smallest absolute Gasteiger partial charge is 0.328 e. The highest BCUT2D eigenvalue weighted by molar-refractivity contribution is 6.10. The topological polar surface area (TPSA) is 193 Å². The summed E-state index contributed by atoms with van der Waals surface area (Å²) in [5.74, 6) is -3.66. The van der Waals surface area contributed by atoms with Gasteiger partial charge in [-0.3, -0.25) is 9.59 Å². The predicted octanol–water partition coefficient (Wildman–Crippen LogP) is 0.994. The van der Waals surface area contributed by atoms with Crippen LogP contribution in [0.1, 0.15) is 42.4 Å². The number of pyridine rings is 1.